The van der Waals surface area contributed by atoms with E-state index in [0.29, 0.717) is 22.5 Å². The summed E-state index contributed by atoms with van der Waals surface area (Å²) >= 11 is 12.4. The van der Waals surface area contributed by atoms with Crippen LogP contribution in [0, 0.1) is 5.92 Å². The smallest absolute Gasteiger partial charge is 0.0731 e. The second-order valence-corrected chi connectivity index (χ2v) is 8.14. The number of fused-ring (bicyclic) bond motifs is 3. The molecular weight excluding hydrogens is 379 g/mol. The van der Waals surface area contributed by atoms with Crippen molar-refractivity contribution in [3.05, 3.63) is 46.4 Å². The number of aromatic nitrogens is 1. The van der Waals surface area contributed by atoms with Gasteiger partial charge in [-0.1, -0.05) is 49.9 Å². The van der Waals surface area contributed by atoms with Gasteiger partial charge in [-0.25, -0.2) is 0 Å². The summed E-state index contributed by atoms with van der Waals surface area (Å²) in [5, 5.41) is 17.6. The fraction of sp³-hybridized carbons (Fsp3) is 0.455. The Labute approximate surface area is 171 Å². The lowest BCUT2D eigenvalue weighted by Gasteiger charge is -2.16. The highest BCUT2D eigenvalue weighted by Gasteiger charge is 2.14. The molecule has 0 radical (unpaired) electrons. The minimum Gasteiger partial charge on any atom is -0.391 e. The fourth-order valence-corrected chi connectivity index (χ4v) is 4.04. The molecule has 5 heteroatoms. The summed E-state index contributed by atoms with van der Waals surface area (Å²) in [5.74, 6) is 0.717. The molecule has 0 amide bonds. The van der Waals surface area contributed by atoms with Crippen LogP contribution in [0.15, 0.2) is 36.4 Å². The summed E-state index contributed by atoms with van der Waals surface area (Å²) in [6, 6.07) is 11.8. The van der Waals surface area contributed by atoms with Crippen LogP contribution in [0.5, 0.6) is 0 Å². The van der Waals surface area contributed by atoms with Gasteiger partial charge in [0.15, 0.2) is 0 Å². The summed E-state index contributed by atoms with van der Waals surface area (Å²) in [6.45, 7) is 6.85. The number of hydrogen-bond acceptors (Lipinski definition) is 2. The number of rotatable bonds is 9. The number of hydrogen-bond donors (Lipinski definition) is 2. The number of nitrogens with zero attached hydrogens (tertiary/aromatic N) is 1. The molecule has 0 saturated carbocycles. The molecule has 0 aliphatic rings. The number of benzene rings is 2. The SMILES string of the molecule is CCC(CC)CNCCC(O)Cn1c2ccc(Cl)cc2c2cc(Cl)ccc21. The Morgan fingerprint density at radius 3 is 2.04 bits per heavy atom. The van der Waals surface area contributed by atoms with Gasteiger partial charge in [0.2, 0.25) is 0 Å². The molecule has 1 unspecified atom stereocenters. The van der Waals surface area contributed by atoms with Gasteiger partial charge < -0.3 is 15.0 Å². The Kier molecular flexibility index (Phi) is 7.04. The average Bonchev–Trinajstić information content (AvgIpc) is 2.94. The van der Waals surface area contributed by atoms with Crippen LogP contribution in [0.3, 0.4) is 0 Å². The first-order chi connectivity index (χ1) is 13.0. The summed E-state index contributed by atoms with van der Waals surface area (Å²) in [7, 11) is 0. The Morgan fingerprint density at radius 1 is 0.963 bits per heavy atom. The van der Waals surface area contributed by atoms with E-state index in [-0.39, 0.29) is 0 Å². The summed E-state index contributed by atoms with van der Waals surface area (Å²) in [5.41, 5.74) is 2.14. The average molecular weight is 407 g/mol. The molecule has 2 N–H and O–H groups in total. The third-order valence-electron chi connectivity index (χ3n) is 5.42. The molecule has 1 heterocycles. The van der Waals surface area contributed by atoms with Crippen molar-refractivity contribution < 1.29 is 5.11 Å². The van der Waals surface area contributed by atoms with Crippen LogP contribution in [0.4, 0.5) is 0 Å². The molecule has 3 nitrogen and oxygen atoms in total. The maximum absolute atomic E-state index is 10.6. The van der Waals surface area contributed by atoms with Crippen molar-refractivity contribution >= 4 is 45.0 Å². The number of aliphatic hydroxyl groups excluding tert-OH is 1. The van der Waals surface area contributed by atoms with Gasteiger partial charge in [-0.05, 0) is 61.8 Å². The van der Waals surface area contributed by atoms with Crippen LogP contribution >= 0.6 is 23.2 Å². The van der Waals surface area contributed by atoms with Gasteiger partial charge >= 0.3 is 0 Å². The molecule has 27 heavy (non-hydrogen) atoms. The van der Waals surface area contributed by atoms with Gasteiger partial charge in [0, 0.05) is 38.4 Å². The van der Waals surface area contributed by atoms with Crippen molar-refractivity contribution in [3.8, 4) is 0 Å². The highest BCUT2D eigenvalue weighted by molar-refractivity contribution is 6.33. The van der Waals surface area contributed by atoms with E-state index < -0.39 is 6.10 Å². The highest BCUT2D eigenvalue weighted by Crippen LogP contribution is 2.33. The third kappa shape index (κ3) is 4.78. The molecular formula is C22H28Cl2N2O. The number of aliphatic hydroxyl groups is 1. The van der Waals surface area contributed by atoms with E-state index >= 15 is 0 Å². The minimum atomic E-state index is -0.413. The first-order valence-electron chi connectivity index (χ1n) is 9.79. The van der Waals surface area contributed by atoms with E-state index in [9.17, 15) is 5.11 Å². The van der Waals surface area contributed by atoms with Crippen LogP contribution < -0.4 is 5.32 Å². The third-order valence-corrected chi connectivity index (χ3v) is 5.89. The predicted molar refractivity (Wildman–Crippen MR) is 117 cm³/mol. The van der Waals surface area contributed by atoms with Crippen molar-refractivity contribution in [1.29, 1.82) is 0 Å². The van der Waals surface area contributed by atoms with Gasteiger partial charge in [-0.3, -0.25) is 0 Å². The molecule has 0 aliphatic heterocycles. The van der Waals surface area contributed by atoms with Crippen LogP contribution in [0.25, 0.3) is 21.8 Å². The standard InChI is InChI=1S/C22H28Cl2N2O/c1-3-15(4-2)13-25-10-9-18(27)14-26-21-7-5-16(23)11-19(21)20-12-17(24)6-8-22(20)26/h5-8,11-12,15,18,25,27H,3-4,9-10,13-14H2,1-2H3. The molecule has 3 aromatic rings. The lowest BCUT2D eigenvalue weighted by atomic mass is 10.0. The lowest BCUT2D eigenvalue weighted by Crippen LogP contribution is -2.27. The first kappa shape index (κ1) is 20.5. The largest absolute Gasteiger partial charge is 0.391 e. The second kappa shape index (κ2) is 9.29. The molecule has 0 saturated heterocycles. The number of nitrogens with one attached hydrogen (secondary N) is 1. The van der Waals surface area contributed by atoms with Crippen molar-refractivity contribution in [1.82, 2.24) is 9.88 Å². The van der Waals surface area contributed by atoms with Crippen molar-refractivity contribution in [2.45, 2.75) is 45.8 Å². The zero-order valence-electron chi connectivity index (χ0n) is 16.0. The van der Waals surface area contributed by atoms with Crippen molar-refractivity contribution in [2.75, 3.05) is 13.1 Å². The number of halogens is 2. The van der Waals surface area contributed by atoms with E-state index in [4.69, 9.17) is 23.2 Å². The normalized spacial score (nSPS) is 13.1. The van der Waals surface area contributed by atoms with Gasteiger partial charge in [0.05, 0.1) is 6.10 Å². The highest BCUT2D eigenvalue weighted by atomic mass is 35.5. The van der Waals surface area contributed by atoms with Gasteiger partial charge in [-0.2, -0.15) is 0 Å². The molecule has 2 aromatic carbocycles. The Hall–Kier alpha value is -1.26. The van der Waals surface area contributed by atoms with E-state index in [1.54, 1.807) is 0 Å². The van der Waals surface area contributed by atoms with E-state index in [2.05, 4.69) is 23.7 Å². The maximum atomic E-state index is 10.6. The maximum Gasteiger partial charge on any atom is 0.0731 e. The fourth-order valence-electron chi connectivity index (χ4n) is 3.70. The molecule has 146 valence electrons. The molecule has 0 bridgehead atoms. The summed E-state index contributed by atoms with van der Waals surface area (Å²) in [6.07, 6.45) is 2.70. The molecule has 1 aromatic heterocycles. The molecule has 0 spiro atoms. The first-order valence-corrected chi connectivity index (χ1v) is 10.5. The zero-order valence-corrected chi connectivity index (χ0v) is 17.5. The predicted octanol–water partition coefficient (Wildman–Crippen LogP) is 5.88. The molecule has 0 aliphatic carbocycles. The summed E-state index contributed by atoms with van der Waals surface area (Å²) < 4.78 is 2.17. The van der Waals surface area contributed by atoms with Crippen molar-refractivity contribution in [2.24, 2.45) is 5.92 Å². The monoisotopic (exact) mass is 406 g/mol. The summed E-state index contributed by atoms with van der Waals surface area (Å²) in [4.78, 5) is 0. The van der Waals surface area contributed by atoms with E-state index in [0.717, 1.165) is 41.3 Å². The molecule has 1 atom stereocenters. The van der Waals surface area contributed by atoms with Crippen LogP contribution in [0.2, 0.25) is 10.0 Å². The van der Waals surface area contributed by atoms with Gasteiger partial charge in [0.1, 0.15) is 0 Å². The zero-order chi connectivity index (χ0) is 19.4. The van der Waals surface area contributed by atoms with Crippen LogP contribution in [-0.4, -0.2) is 28.9 Å². The molecule has 3 rings (SSSR count). The van der Waals surface area contributed by atoms with E-state index in [1.165, 1.54) is 12.8 Å². The topological polar surface area (TPSA) is 37.2 Å². The molecule has 0 fully saturated rings. The Bertz CT molecular complexity index is 843. The second-order valence-electron chi connectivity index (χ2n) is 7.26. The van der Waals surface area contributed by atoms with Crippen LogP contribution in [0.1, 0.15) is 33.1 Å². The van der Waals surface area contributed by atoms with E-state index in [1.807, 2.05) is 36.4 Å². The minimum absolute atomic E-state index is 0.413. The Morgan fingerprint density at radius 2 is 1.52 bits per heavy atom. The lowest BCUT2D eigenvalue weighted by molar-refractivity contribution is 0.146. The van der Waals surface area contributed by atoms with Gasteiger partial charge in [0.25, 0.3) is 0 Å². The van der Waals surface area contributed by atoms with Crippen LogP contribution in [-0.2, 0) is 6.54 Å². The Balaban J connectivity index is 1.75. The van der Waals surface area contributed by atoms with Gasteiger partial charge in [-0.15, -0.1) is 0 Å². The quantitative estimate of drug-likeness (QED) is 0.435. The van der Waals surface area contributed by atoms with Crippen molar-refractivity contribution in [3.63, 3.8) is 0 Å².